The smallest absolute Gasteiger partial charge is 0.168 e. The van der Waals surface area contributed by atoms with Crippen molar-refractivity contribution in [3.05, 3.63) is 83.1 Å². The maximum atomic E-state index is 12.8. The van der Waals surface area contributed by atoms with Crippen molar-refractivity contribution in [3.8, 4) is 0 Å². The second-order valence-electron chi connectivity index (χ2n) is 6.76. The average Bonchev–Trinajstić information content (AvgIpc) is 2.67. The van der Waals surface area contributed by atoms with Gasteiger partial charge in [0.2, 0.25) is 0 Å². The summed E-state index contributed by atoms with van der Waals surface area (Å²) in [7, 11) is 0. The molecule has 134 valence electrons. The Hall–Kier alpha value is -2.68. The van der Waals surface area contributed by atoms with Crippen LogP contribution in [0, 0.1) is 0 Å². The summed E-state index contributed by atoms with van der Waals surface area (Å²) in [6.07, 6.45) is 2.43. The molecule has 1 aliphatic rings. The summed E-state index contributed by atoms with van der Waals surface area (Å²) in [5.41, 5.74) is 3.45. The van der Waals surface area contributed by atoms with Gasteiger partial charge in [-0.2, -0.15) is 0 Å². The van der Waals surface area contributed by atoms with Gasteiger partial charge in [0, 0.05) is 12.8 Å². The van der Waals surface area contributed by atoms with E-state index in [9.17, 15) is 9.90 Å². The van der Waals surface area contributed by atoms with E-state index >= 15 is 0 Å². The summed E-state index contributed by atoms with van der Waals surface area (Å²) < 4.78 is 0. The zero-order chi connectivity index (χ0) is 18.4. The first-order valence-electron chi connectivity index (χ1n) is 9.27. The minimum absolute atomic E-state index is 0.00265. The molecule has 0 aliphatic heterocycles. The fourth-order valence-corrected chi connectivity index (χ4v) is 3.46. The molecule has 0 heterocycles. The summed E-state index contributed by atoms with van der Waals surface area (Å²) >= 11 is 0. The molecule has 1 N–H and O–H groups in total. The first kappa shape index (κ1) is 18.1. The van der Waals surface area contributed by atoms with Crippen molar-refractivity contribution >= 4 is 11.5 Å². The monoisotopic (exact) mass is 347 g/mol. The van der Waals surface area contributed by atoms with Gasteiger partial charge in [0.25, 0.3) is 0 Å². The quantitative estimate of drug-likeness (QED) is 0.582. The van der Waals surface area contributed by atoms with E-state index in [1.54, 1.807) is 0 Å². The molecule has 3 rings (SSSR count). The van der Waals surface area contributed by atoms with Crippen LogP contribution in [0.2, 0.25) is 0 Å². The van der Waals surface area contributed by atoms with Crippen LogP contribution in [0.4, 0.5) is 0 Å². The molecule has 3 nitrogen and oxygen atoms in total. The number of hydrogen-bond acceptors (Lipinski definition) is 3. The number of carbonyl (C=O) groups is 1. The Morgan fingerprint density at radius 3 is 2.35 bits per heavy atom. The molecule has 0 radical (unpaired) electrons. The summed E-state index contributed by atoms with van der Waals surface area (Å²) in [6, 6.07) is 20.1. The highest BCUT2D eigenvalue weighted by molar-refractivity contribution is 6.24. The second-order valence-corrected chi connectivity index (χ2v) is 6.76. The van der Waals surface area contributed by atoms with Crippen LogP contribution in [-0.4, -0.2) is 16.6 Å². The molecule has 0 bridgehead atoms. The van der Waals surface area contributed by atoms with Gasteiger partial charge in [0.15, 0.2) is 5.78 Å². The van der Waals surface area contributed by atoms with Crippen LogP contribution in [0.1, 0.15) is 49.7 Å². The predicted molar refractivity (Wildman–Crippen MR) is 106 cm³/mol. The van der Waals surface area contributed by atoms with Crippen LogP contribution in [0.3, 0.4) is 0 Å². The van der Waals surface area contributed by atoms with Crippen molar-refractivity contribution < 1.29 is 9.90 Å². The molecule has 1 saturated carbocycles. The fraction of sp³-hybridized carbons (Fsp3) is 0.304. The number of aliphatic hydroxyl groups is 1. The Kier molecular flexibility index (Phi) is 6.00. The number of carbonyl (C=O) groups excluding carboxylic acids is 1. The zero-order valence-electron chi connectivity index (χ0n) is 15.2. The highest BCUT2D eigenvalue weighted by Crippen LogP contribution is 2.33. The molecule has 0 saturated heterocycles. The van der Waals surface area contributed by atoms with Crippen LogP contribution in [0.5, 0.6) is 0 Å². The maximum Gasteiger partial charge on any atom is 0.168 e. The molecule has 0 amide bonds. The second kappa shape index (κ2) is 8.61. The number of aliphatic imine (C=N–C) groups is 1. The van der Waals surface area contributed by atoms with Crippen LogP contribution < -0.4 is 0 Å². The van der Waals surface area contributed by atoms with E-state index in [1.807, 2.05) is 55.5 Å². The molecule has 0 aromatic heterocycles. The summed E-state index contributed by atoms with van der Waals surface area (Å²) in [5.74, 6) is 0.315. The maximum absolute atomic E-state index is 12.8. The van der Waals surface area contributed by atoms with Crippen molar-refractivity contribution in [2.45, 2.75) is 45.1 Å². The Morgan fingerprint density at radius 1 is 1.04 bits per heavy atom. The zero-order valence-corrected chi connectivity index (χ0v) is 15.2. The molecule has 2 aromatic rings. The average molecular weight is 347 g/mol. The molecule has 1 aliphatic carbocycles. The lowest BCUT2D eigenvalue weighted by Gasteiger charge is -2.26. The van der Waals surface area contributed by atoms with Crippen molar-refractivity contribution in [1.82, 2.24) is 0 Å². The number of rotatable bonds is 5. The van der Waals surface area contributed by atoms with Crippen LogP contribution in [0.25, 0.3) is 0 Å². The number of ketones is 1. The topological polar surface area (TPSA) is 49.7 Å². The van der Waals surface area contributed by atoms with E-state index in [0.29, 0.717) is 31.4 Å². The van der Waals surface area contributed by atoms with E-state index in [4.69, 9.17) is 4.99 Å². The molecular weight excluding hydrogens is 322 g/mol. The van der Waals surface area contributed by atoms with E-state index in [-0.39, 0.29) is 17.5 Å². The molecule has 1 atom stereocenters. The largest absolute Gasteiger partial charge is 0.511 e. The minimum Gasteiger partial charge on any atom is -0.511 e. The molecule has 1 unspecified atom stereocenters. The lowest BCUT2D eigenvalue weighted by molar-refractivity contribution is -0.116. The normalized spacial score (nSPS) is 21.0. The lowest BCUT2D eigenvalue weighted by Crippen LogP contribution is -2.26. The highest BCUT2D eigenvalue weighted by Gasteiger charge is 2.32. The molecular formula is C23H25NO2. The minimum atomic E-state index is 0.00265. The van der Waals surface area contributed by atoms with Gasteiger partial charge in [-0.1, -0.05) is 67.6 Å². The first-order chi connectivity index (χ1) is 12.7. The first-order valence-corrected chi connectivity index (χ1v) is 9.27. The van der Waals surface area contributed by atoms with E-state index in [0.717, 1.165) is 23.3 Å². The molecule has 1 fully saturated rings. The molecule has 0 spiro atoms. The Bertz CT molecular complexity index is 807. The van der Waals surface area contributed by atoms with Gasteiger partial charge in [-0.15, -0.1) is 0 Å². The number of allylic oxidation sites excluding steroid dienone is 2. The Labute approximate surface area is 155 Å². The van der Waals surface area contributed by atoms with Gasteiger partial charge in [-0.05, 0) is 29.9 Å². The number of Topliss-reactive ketones (excluding diaryl/α,β-unsaturated/α-hetero) is 1. The third kappa shape index (κ3) is 4.29. The number of benzene rings is 2. The third-order valence-corrected chi connectivity index (χ3v) is 4.78. The van der Waals surface area contributed by atoms with Crippen LogP contribution in [0.15, 0.2) is 77.0 Å². The predicted octanol–water partition coefficient (Wildman–Crippen LogP) is 5.39. The van der Waals surface area contributed by atoms with E-state index in [1.165, 1.54) is 0 Å². The van der Waals surface area contributed by atoms with E-state index in [2.05, 4.69) is 12.1 Å². The lowest BCUT2D eigenvalue weighted by atomic mass is 9.78. The van der Waals surface area contributed by atoms with E-state index < -0.39 is 0 Å². The van der Waals surface area contributed by atoms with Gasteiger partial charge in [0.05, 0.1) is 17.8 Å². The molecule has 3 heteroatoms. The van der Waals surface area contributed by atoms with Crippen molar-refractivity contribution in [2.75, 3.05) is 0 Å². The van der Waals surface area contributed by atoms with Crippen LogP contribution in [-0.2, 0) is 11.3 Å². The van der Waals surface area contributed by atoms with Crippen molar-refractivity contribution in [2.24, 2.45) is 4.99 Å². The Balaban J connectivity index is 1.92. The van der Waals surface area contributed by atoms with Gasteiger partial charge >= 0.3 is 0 Å². The Morgan fingerprint density at radius 2 is 1.69 bits per heavy atom. The number of aliphatic hydroxyl groups excluding tert-OH is 1. The highest BCUT2D eigenvalue weighted by atomic mass is 16.3. The van der Waals surface area contributed by atoms with Gasteiger partial charge < -0.3 is 5.11 Å². The third-order valence-electron chi connectivity index (χ3n) is 4.78. The SMILES string of the molecule is CCCC(O)=C1C(=O)CC(c2ccccc2)CC1=NCc1ccccc1. The van der Waals surface area contributed by atoms with Crippen molar-refractivity contribution in [1.29, 1.82) is 0 Å². The number of nitrogens with zero attached hydrogens (tertiary/aromatic N) is 1. The summed E-state index contributed by atoms with van der Waals surface area (Å²) in [6.45, 7) is 2.52. The number of hydrogen-bond donors (Lipinski definition) is 1. The molecule has 2 aromatic carbocycles. The summed E-state index contributed by atoms with van der Waals surface area (Å²) in [4.78, 5) is 17.6. The standard InChI is InChI=1S/C23H25NO2/c1-2-9-21(25)23-20(24-16-17-10-5-3-6-11-17)14-19(15-22(23)26)18-12-7-4-8-13-18/h3-8,10-13,19,25H,2,9,14-16H2,1H3. The van der Waals surface area contributed by atoms with Gasteiger partial charge in [0.1, 0.15) is 5.76 Å². The van der Waals surface area contributed by atoms with Crippen molar-refractivity contribution in [3.63, 3.8) is 0 Å². The fourth-order valence-electron chi connectivity index (χ4n) is 3.46. The van der Waals surface area contributed by atoms with Crippen LogP contribution >= 0.6 is 0 Å². The summed E-state index contributed by atoms with van der Waals surface area (Å²) in [5, 5.41) is 10.4. The van der Waals surface area contributed by atoms with Gasteiger partial charge in [-0.3, -0.25) is 9.79 Å². The molecule has 26 heavy (non-hydrogen) atoms. The van der Waals surface area contributed by atoms with Gasteiger partial charge in [-0.25, -0.2) is 0 Å².